The predicted octanol–water partition coefficient (Wildman–Crippen LogP) is 2.85. The van der Waals surface area contributed by atoms with E-state index in [1.807, 2.05) is 0 Å². The Hall–Kier alpha value is -0.970. The molecule has 1 rings (SSSR count). The van der Waals surface area contributed by atoms with Crippen molar-refractivity contribution in [3.63, 3.8) is 0 Å². The smallest absolute Gasteiger partial charge is 0.396 e. The summed E-state index contributed by atoms with van der Waals surface area (Å²) in [6.45, 7) is 0. The molecule has 0 radical (unpaired) electrons. The maximum absolute atomic E-state index is 12.4. The van der Waals surface area contributed by atoms with Crippen molar-refractivity contribution in [2.75, 3.05) is 5.73 Å². The van der Waals surface area contributed by atoms with Gasteiger partial charge in [0.2, 0.25) is 0 Å². The Balaban J connectivity index is 0.00000144. The minimum Gasteiger partial charge on any atom is -0.396 e. The van der Waals surface area contributed by atoms with Crippen LogP contribution in [0.2, 0.25) is 0 Å². The molecule has 0 aliphatic rings. The van der Waals surface area contributed by atoms with Gasteiger partial charge in [0.1, 0.15) is 5.82 Å². The van der Waals surface area contributed by atoms with Crippen molar-refractivity contribution in [1.29, 1.82) is 0 Å². The van der Waals surface area contributed by atoms with Crippen LogP contribution in [0.3, 0.4) is 0 Å². The highest BCUT2D eigenvalue weighted by Gasteiger charge is 2.30. The summed E-state index contributed by atoms with van der Waals surface area (Å²) in [7, 11) is 0. The number of halogens is 5. The topological polar surface area (TPSA) is 26.0 Å². The van der Waals surface area contributed by atoms with Crippen molar-refractivity contribution in [2.45, 2.75) is 6.18 Å². The van der Waals surface area contributed by atoms with Crippen LogP contribution < -0.4 is 5.73 Å². The number of benzene rings is 1. The zero-order valence-electron chi connectivity index (χ0n) is 6.23. The molecule has 1 aromatic rings. The fourth-order valence-electron chi connectivity index (χ4n) is 0.720. The van der Waals surface area contributed by atoms with Gasteiger partial charge in [0.25, 0.3) is 0 Å². The number of rotatable bonds is 0. The molecule has 1 nitrogen and oxygen atoms in total. The van der Waals surface area contributed by atoms with Crippen LogP contribution >= 0.6 is 12.4 Å². The van der Waals surface area contributed by atoms with E-state index in [0.717, 1.165) is 0 Å². The molecule has 0 aliphatic carbocycles. The lowest BCUT2D eigenvalue weighted by molar-refractivity contribution is -0.137. The Morgan fingerprint density at radius 2 is 1.69 bits per heavy atom. The van der Waals surface area contributed by atoms with Gasteiger partial charge >= 0.3 is 6.18 Å². The predicted molar refractivity (Wildman–Crippen MR) is 43.1 cm³/mol. The van der Waals surface area contributed by atoms with Gasteiger partial charge in [-0.25, -0.2) is 4.39 Å². The standard InChI is InChI=1S/C7H5F4N.ClH/c8-5-2-1-4(3-6(5)12)7(9,10)11;/h1-3H,12H2;1H. The SMILES string of the molecule is Cl.Nc1cc(C(F)(F)F)ccc1F. The van der Waals surface area contributed by atoms with Crippen LogP contribution in [-0.4, -0.2) is 0 Å². The lowest BCUT2D eigenvalue weighted by atomic mass is 10.2. The van der Waals surface area contributed by atoms with Crippen molar-refractivity contribution in [3.05, 3.63) is 29.6 Å². The molecule has 0 spiro atoms. The van der Waals surface area contributed by atoms with Gasteiger partial charge in [-0.05, 0) is 18.2 Å². The van der Waals surface area contributed by atoms with Crippen molar-refractivity contribution < 1.29 is 17.6 Å². The van der Waals surface area contributed by atoms with Gasteiger partial charge in [0.15, 0.2) is 0 Å². The molecule has 13 heavy (non-hydrogen) atoms. The molecule has 6 heteroatoms. The zero-order valence-corrected chi connectivity index (χ0v) is 7.05. The number of hydrogen-bond donors (Lipinski definition) is 1. The average Bonchev–Trinajstić information content (AvgIpc) is 1.92. The molecular formula is C7H6ClF4N. The summed E-state index contributed by atoms with van der Waals surface area (Å²) in [5.74, 6) is -0.844. The Morgan fingerprint density at radius 1 is 1.15 bits per heavy atom. The van der Waals surface area contributed by atoms with E-state index in [-0.39, 0.29) is 12.4 Å². The molecule has 0 saturated carbocycles. The second kappa shape index (κ2) is 3.83. The summed E-state index contributed by atoms with van der Waals surface area (Å²) in [4.78, 5) is 0. The van der Waals surface area contributed by atoms with Crippen LogP contribution in [0.4, 0.5) is 23.2 Å². The Labute approximate surface area is 78.0 Å². The maximum atomic E-state index is 12.4. The van der Waals surface area contributed by atoms with Gasteiger partial charge in [0.05, 0.1) is 11.3 Å². The molecule has 0 bridgehead atoms. The van der Waals surface area contributed by atoms with E-state index in [0.29, 0.717) is 18.2 Å². The number of hydrogen-bond acceptors (Lipinski definition) is 1. The minimum absolute atomic E-state index is 0. The molecule has 2 N–H and O–H groups in total. The molecule has 1 aromatic carbocycles. The highest BCUT2D eigenvalue weighted by molar-refractivity contribution is 5.85. The summed E-state index contributed by atoms with van der Waals surface area (Å²) >= 11 is 0. The van der Waals surface area contributed by atoms with E-state index in [1.54, 1.807) is 0 Å². The Bertz CT molecular complexity index is 297. The van der Waals surface area contributed by atoms with E-state index >= 15 is 0 Å². The lowest BCUT2D eigenvalue weighted by Crippen LogP contribution is -2.06. The molecule has 0 heterocycles. The number of alkyl halides is 3. The largest absolute Gasteiger partial charge is 0.416 e. The highest BCUT2D eigenvalue weighted by atomic mass is 35.5. The van der Waals surface area contributed by atoms with Gasteiger partial charge in [-0.1, -0.05) is 0 Å². The van der Waals surface area contributed by atoms with E-state index in [2.05, 4.69) is 0 Å². The van der Waals surface area contributed by atoms with E-state index in [4.69, 9.17) is 5.73 Å². The Kier molecular flexibility index (Phi) is 3.54. The van der Waals surface area contributed by atoms with E-state index in [9.17, 15) is 17.6 Å². The molecule has 0 fully saturated rings. The van der Waals surface area contributed by atoms with Crippen LogP contribution in [0, 0.1) is 5.82 Å². The van der Waals surface area contributed by atoms with Gasteiger partial charge in [0, 0.05) is 0 Å². The third-order valence-electron chi connectivity index (χ3n) is 1.32. The molecule has 0 aliphatic heterocycles. The van der Waals surface area contributed by atoms with Gasteiger partial charge in [-0.15, -0.1) is 12.4 Å². The van der Waals surface area contributed by atoms with Crippen LogP contribution in [-0.2, 0) is 6.18 Å². The number of nitrogen functional groups attached to an aromatic ring is 1. The van der Waals surface area contributed by atoms with Crippen molar-refractivity contribution >= 4 is 18.1 Å². The molecule has 0 aromatic heterocycles. The first-order chi connectivity index (χ1) is 5.41. The monoisotopic (exact) mass is 215 g/mol. The molecule has 74 valence electrons. The average molecular weight is 216 g/mol. The fourth-order valence-corrected chi connectivity index (χ4v) is 0.720. The van der Waals surface area contributed by atoms with Crippen molar-refractivity contribution in [2.24, 2.45) is 0 Å². The van der Waals surface area contributed by atoms with E-state index in [1.165, 1.54) is 0 Å². The third-order valence-corrected chi connectivity index (χ3v) is 1.32. The lowest BCUT2D eigenvalue weighted by Gasteiger charge is -2.06. The fraction of sp³-hybridized carbons (Fsp3) is 0.143. The summed E-state index contributed by atoms with van der Waals surface area (Å²) in [6, 6.07) is 1.90. The van der Waals surface area contributed by atoms with Gasteiger partial charge < -0.3 is 5.73 Å². The van der Waals surface area contributed by atoms with Crippen LogP contribution in [0.5, 0.6) is 0 Å². The van der Waals surface area contributed by atoms with E-state index < -0.39 is 23.2 Å². The normalized spacial score (nSPS) is 10.8. The van der Waals surface area contributed by atoms with Crippen LogP contribution in [0.1, 0.15) is 5.56 Å². The summed E-state index contributed by atoms with van der Waals surface area (Å²) in [6.07, 6.45) is -4.47. The quantitative estimate of drug-likeness (QED) is 0.523. The first kappa shape index (κ1) is 12.0. The molecule has 0 amide bonds. The minimum atomic E-state index is -4.47. The van der Waals surface area contributed by atoms with Gasteiger partial charge in [-0.2, -0.15) is 13.2 Å². The van der Waals surface area contributed by atoms with Gasteiger partial charge in [-0.3, -0.25) is 0 Å². The number of anilines is 1. The van der Waals surface area contributed by atoms with Crippen molar-refractivity contribution in [1.82, 2.24) is 0 Å². The highest BCUT2D eigenvalue weighted by Crippen LogP contribution is 2.30. The summed E-state index contributed by atoms with van der Waals surface area (Å²) in [5, 5.41) is 0. The number of nitrogens with two attached hydrogens (primary N) is 1. The second-order valence-corrected chi connectivity index (χ2v) is 2.23. The van der Waals surface area contributed by atoms with Crippen LogP contribution in [0.25, 0.3) is 0 Å². The maximum Gasteiger partial charge on any atom is 0.416 e. The molecule has 0 saturated heterocycles. The summed E-state index contributed by atoms with van der Waals surface area (Å²) in [5.41, 5.74) is 3.50. The first-order valence-corrected chi connectivity index (χ1v) is 3.03. The summed E-state index contributed by atoms with van der Waals surface area (Å²) < 4.78 is 48.2. The second-order valence-electron chi connectivity index (χ2n) is 2.23. The zero-order chi connectivity index (χ0) is 9.35. The van der Waals surface area contributed by atoms with Crippen LogP contribution in [0.15, 0.2) is 18.2 Å². The third kappa shape index (κ3) is 2.77. The Morgan fingerprint density at radius 3 is 2.08 bits per heavy atom. The molecule has 0 unspecified atom stereocenters. The molecular weight excluding hydrogens is 210 g/mol. The molecule has 0 atom stereocenters. The first-order valence-electron chi connectivity index (χ1n) is 3.03. The van der Waals surface area contributed by atoms with Crippen molar-refractivity contribution in [3.8, 4) is 0 Å².